The minimum atomic E-state index is -0.345. The van der Waals surface area contributed by atoms with Gasteiger partial charge < -0.3 is 25.6 Å². The maximum atomic E-state index is 13.4. The first kappa shape index (κ1) is 24.8. The fraction of sp³-hybridized carbons (Fsp3) is 0.333. The van der Waals surface area contributed by atoms with Gasteiger partial charge in [0.25, 0.3) is 5.91 Å². The first-order chi connectivity index (χ1) is 18.0. The van der Waals surface area contributed by atoms with Crippen molar-refractivity contribution in [2.24, 2.45) is 0 Å². The second kappa shape index (κ2) is 11.0. The molecule has 3 aromatic carbocycles. The number of hydrogen-bond acceptors (Lipinski definition) is 4. The van der Waals surface area contributed by atoms with E-state index in [1.807, 2.05) is 44.2 Å². The standard InChI is InChI=1S/C30H34N4O3/c1-20-7-5-8-21(2)28(20)33-30(36)32-24-12-13-27(34-15-14-22-9-3-4-10-23(22)19-34)26(17-24)29(35)31-18-25-11-6-16-37-25/h3-5,7-10,12-13,17,25H,6,11,14-16,18-19H2,1-2H3,(H,31,35)(H2,32,33,36). The Balaban J connectivity index is 1.37. The number of ether oxygens (including phenoxy) is 1. The number of amides is 3. The highest BCUT2D eigenvalue weighted by Gasteiger charge is 2.23. The number of urea groups is 1. The molecule has 0 aromatic heterocycles. The van der Waals surface area contributed by atoms with E-state index in [1.165, 1.54) is 11.1 Å². The Kier molecular flexibility index (Phi) is 7.42. The second-order valence-corrected chi connectivity index (χ2v) is 9.86. The smallest absolute Gasteiger partial charge is 0.323 e. The summed E-state index contributed by atoms with van der Waals surface area (Å²) < 4.78 is 5.69. The van der Waals surface area contributed by atoms with Crippen LogP contribution in [-0.2, 0) is 17.7 Å². The number of anilines is 3. The molecule has 1 saturated heterocycles. The summed E-state index contributed by atoms with van der Waals surface area (Å²) in [6.45, 7) is 6.71. The first-order valence-corrected chi connectivity index (χ1v) is 13.0. The molecule has 0 bridgehead atoms. The van der Waals surface area contributed by atoms with Gasteiger partial charge in [0, 0.05) is 43.3 Å². The monoisotopic (exact) mass is 498 g/mol. The molecule has 0 radical (unpaired) electrons. The Morgan fingerprint density at radius 2 is 1.76 bits per heavy atom. The lowest BCUT2D eigenvalue weighted by molar-refractivity contribution is 0.0858. The molecule has 37 heavy (non-hydrogen) atoms. The third kappa shape index (κ3) is 5.78. The lowest BCUT2D eigenvalue weighted by Gasteiger charge is -2.32. The number of carbonyl (C=O) groups excluding carboxylic acids is 2. The van der Waals surface area contributed by atoms with E-state index in [0.717, 1.165) is 61.5 Å². The maximum absolute atomic E-state index is 13.4. The molecule has 7 heteroatoms. The molecule has 3 amide bonds. The SMILES string of the molecule is Cc1cccc(C)c1NC(=O)Nc1ccc(N2CCc3ccccc3C2)c(C(=O)NCC2CCCO2)c1. The zero-order valence-corrected chi connectivity index (χ0v) is 21.5. The number of carbonyl (C=O) groups is 2. The minimum absolute atomic E-state index is 0.0544. The van der Waals surface area contributed by atoms with Gasteiger partial charge in [-0.1, -0.05) is 42.5 Å². The van der Waals surface area contributed by atoms with E-state index in [0.29, 0.717) is 17.8 Å². The molecule has 0 saturated carbocycles. The van der Waals surface area contributed by atoms with Crippen LogP contribution in [0.1, 0.15) is 45.5 Å². The van der Waals surface area contributed by atoms with Crippen LogP contribution in [0.4, 0.5) is 21.9 Å². The Morgan fingerprint density at radius 3 is 2.51 bits per heavy atom. The average molecular weight is 499 g/mol. The molecule has 3 aromatic rings. The fourth-order valence-electron chi connectivity index (χ4n) is 5.17. The molecular weight excluding hydrogens is 464 g/mol. The summed E-state index contributed by atoms with van der Waals surface area (Å²) in [7, 11) is 0. The maximum Gasteiger partial charge on any atom is 0.323 e. The second-order valence-electron chi connectivity index (χ2n) is 9.86. The summed E-state index contributed by atoms with van der Waals surface area (Å²) in [5.41, 5.74) is 7.36. The van der Waals surface area contributed by atoms with Crippen molar-refractivity contribution in [2.75, 3.05) is 35.2 Å². The van der Waals surface area contributed by atoms with Crippen LogP contribution in [0.2, 0.25) is 0 Å². The van der Waals surface area contributed by atoms with Crippen LogP contribution < -0.4 is 20.9 Å². The predicted molar refractivity (Wildman–Crippen MR) is 148 cm³/mol. The average Bonchev–Trinajstić information content (AvgIpc) is 3.43. The molecule has 2 aliphatic rings. The number of nitrogens with one attached hydrogen (secondary N) is 3. The molecule has 192 valence electrons. The van der Waals surface area contributed by atoms with E-state index in [-0.39, 0.29) is 18.0 Å². The largest absolute Gasteiger partial charge is 0.376 e. The summed E-state index contributed by atoms with van der Waals surface area (Å²) in [6.07, 6.45) is 2.95. The van der Waals surface area contributed by atoms with Gasteiger partial charge in [0.15, 0.2) is 0 Å². The van der Waals surface area contributed by atoms with Crippen molar-refractivity contribution in [3.63, 3.8) is 0 Å². The third-order valence-corrected chi connectivity index (χ3v) is 7.20. The van der Waals surface area contributed by atoms with Crippen LogP contribution in [0.3, 0.4) is 0 Å². The van der Waals surface area contributed by atoms with Crippen LogP contribution in [0, 0.1) is 13.8 Å². The quantitative estimate of drug-likeness (QED) is 0.424. The normalized spacial score (nSPS) is 16.7. The highest BCUT2D eigenvalue weighted by molar-refractivity contribution is 6.04. The van der Waals surface area contributed by atoms with Crippen molar-refractivity contribution >= 4 is 29.0 Å². The molecule has 1 unspecified atom stereocenters. The van der Waals surface area contributed by atoms with Crippen molar-refractivity contribution in [1.82, 2.24) is 5.32 Å². The van der Waals surface area contributed by atoms with Crippen LogP contribution >= 0.6 is 0 Å². The van der Waals surface area contributed by atoms with Gasteiger partial charge in [-0.25, -0.2) is 4.79 Å². The third-order valence-electron chi connectivity index (χ3n) is 7.20. The minimum Gasteiger partial charge on any atom is -0.376 e. The molecule has 2 heterocycles. The lowest BCUT2D eigenvalue weighted by Crippen LogP contribution is -2.35. The molecule has 0 aliphatic carbocycles. The predicted octanol–water partition coefficient (Wildman–Crippen LogP) is 5.42. The van der Waals surface area contributed by atoms with Crippen LogP contribution in [0.5, 0.6) is 0 Å². The van der Waals surface area contributed by atoms with Gasteiger partial charge in [0.2, 0.25) is 0 Å². The zero-order valence-electron chi connectivity index (χ0n) is 21.5. The number of benzene rings is 3. The highest BCUT2D eigenvalue weighted by atomic mass is 16.5. The number of nitrogens with zero attached hydrogens (tertiary/aromatic N) is 1. The molecule has 1 fully saturated rings. The van der Waals surface area contributed by atoms with Crippen LogP contribution in [0.15, 0.2) is 60.7 Å². The van der Waals surface area contributed by atoms with E-state index < -0.39 is 0 Å². The number of fused-ring (bicyclic) bond motifs is 1. The van der Waals surface area contributed by atoms with Gasteiger partial charge in [-0.15, -0.1) is 0 Å². The van der Waals surface area contributed by atoms with Crippen LogP contribution in [-0.4, -0.2) is 37.7 Å². The summed E-state index contributed by atoms with van der Waals surface area (Å²) in [6, 6.07) is 19.5. The molecule has 2 aliphatic heterocycles. The Labute approximate surface area is 218 Å². The molecular formula is C30H34N4O3. The van der Waals surface area contributed by atoms with Gasteiger partial charge in [0.05, 0.1) is 11.7 Å². The van der Waals surface area contributed by atoms with Gasteiger partial charge in [-0.2, -0.15) is 0 Å². The van der Waals surface area contributed by atoms with Crippen molar-refractivity contribution in [3.05, 3.63) is 88.5 Å². The number of rotatable bonds is 6. The van der Waals surface area contributed by atoms with E-state index in [9.17, 15) is 9.59 Å². The molecule has 5 rings (SSSR count). The number of para-hydroxylation sites is 1. The Hall–Kier alpha value is -3.84. The molecule has 3 N–H and O–H groups in total. The Morgan fingerprint density at radius 1 is 0.973 bits per heavy atom. The van der Waals surface area contributed by atoms with Crippen molar-refractivity contribution in [2.45, 2.75) is 45.8 Å². The Bertz CT molecular complexity index is 1280. The summed E-state index contributed by atoms with van der Waals surface area (Å²) in [4.78, 5) is 28.5. The zero-order chi connectivity index (χ0) is 25.8. The van der Waals surface area contributed by atoms with Crippen molar-refractivity contribution in [3.8, 4) is 0 Å². The summed E-state index contributed by atoms with van der Waals surface area (Å²) in [5, 5.41) is 8.92. The summed E-state index contributed by atoms with van der Waals surface area (Å²) in [5.74, 6) is -0.164. The number of aryl methyl sites for hydroxylation is 2. The first-order valence-electron chi connectivity index (χ1n) is 13.0. The van der Waals surface area contributed by atoms with Crippen molar-refractivity contribution < 1.29 is 14.3 Å². The molecule has 0 spiro atoms. The van der Waals surface area contributed by atoms with Crippen molar-refractivity contribution in [1.29, 1.82) is 0 Å². The van der Waals surface area contributed by atoms with E-state index >= 15 is 0 Å². The lowest BCUT2D eigenvalue weighted by atomic mass is 9.98. The number of hydrogen-bond donors (Lipinski definition) is 3. The van der Waals surface area contributed by atoms with E-state index in [4.69, 9.17) is 4.74 Å². The van der Waals surface area contributed by atoms with Gasteiger partial charge >= 0.3 is 6.03 Å². The topological polar surface area (TPSA) is 82.7 Å². The van der Waals surface area contributed by atoms with Crippen LogP contribution in [0.25, 0.3) is 0 Å². The van der Waals surface area contributed by atoms with Gasteiger partial charge in [0.1, 0.15) is 0 Å². The summed E-state index contributed by atoms with van der Waals surface area (Å²) >= 11 is 0. The highest BCUT2D eigenvalue weighted by Crippen LogP contribution is 2.30. The molecule has 7 nitrogen and oxygen atoms in total. The van der Waals surface area contributed by atoms with Gasteiger partial charge in [-0.3, -0.25) is 4.79 Å². The van der Waals surface area contributed by atoms with Gasteiger partial charge in [-0.05, 0) is 73.6 Å². The fourth-order valence-corrected chi connectivity index (χ4v) is 5.17. The molecule has 1 atom stereocenters. The van der Waals surface area contributed by atoms with E-state index in [1.54, 1.807) is 6.07 Å². The van der Waals surface area contributed by atoms with E-state index in [2.05, 4.69) is 45.1 Å².